The van der Waals surface area contributed by atoms with Gasteiger partial charge in [-0.2, -0.15) is 5.21 Å². The number of nitrogens with zero attached hydrogens (tertiary/aromatic N) is 8. The Kier molecular flexibility index (Phi) is 7.31. The first kappa shape index (κ1) is 21.8. The zero-order valence-corrected chi connectivity index (χ0v) is 18.0. The molecule has 168 valence electrons. The number of aromatic amines is 1. The number of H-pyrrole nitrogens is 1. The summed E-state index contributed by atoms with van der Waals surface area (Å²) in [5.41, 5.74) is 3.23. The highest BCUT2D eigenvalue weighted by Crippen LogP contribution is 2.21. The molecule has 2 aromatic rings. The van der Waals surface area contributed by atoms with Gasteiger partial charge in [-0.3, -0.25) is 19.6 Å². The van der Waals surface area contributed by atoms with Crippen LogP contribution in [0.25, 0.3) is 0 Å². The fraction of sp³-hybridized carbons (Fsp3) is 0.429. The second-order valence-electron chi connectivity index (χ2n) is 7.74. The summed E-state index contributed by atoms with van der Waals surface area (Å²) >= 11 is 0. The van der Waals surface area contributed by atoms with Gasteiger partial charge >= 0.3 is 0 Å². The minimum atomic E-state index is 0.142. The van der Waals surface area contributed by atoms with Crippen molar-refractivity contribution in [2.75, 3.05) is 39.8 Å². The van der Waals surface area contributed by atoms with Crippen LogP contribution in [0.1, 0.15) is 12.0 Å². The molecule has 2 aliphatic heterocycles. The highest BCUT2D eigenvalue weighted by Gasteiger charge is 2.28. The number of rotatable bonds is 5. The molecule has 5 rings (SSSR count). The molecule has 0 bridgehead atoms. The Labute approximate surface area is 186 Å². The van der Waals surface area contributed by atoms with Crippen molar-refractivity contribution in [2.24, 2.45) is 5.16 Å². The summed E-state index contributed by atoms with van der Waals surface area (Å²) in [6, 6.07) is 3.97. The van der Waals surface area contributed by atoms with Crippen LogP contribution in [0.2, 0.25) is 0 Å². The van der Waals surface area contributed by atoms with Crippen molar-refractivity contribution in [1.29, 1.82) is 0 Å². The van der Waals surface area contributed by atoms with Crippen molar-refractivity contribution in [2.45, 2.75) is 18.9 Å². The molecule has 1 amide bonds. The van der Waals surface area contributed by atoms with Crippen LogP contribution < -0.4 is 0 Å². The van der Waals surface area contributed by atoms with Gasteiger partial charge in [-0.05, 0) is 29.7 Å². The van der Waals surface area contributed by atoms with E-state index in [1.165, 1.54) is 11.9 Å². The van der Waals surface area contributed by atoms with E-state index in [-0.39, 0.29) is 11.9 Å². The van der Waals surface area contributed by atoms with E-state index in [0.717, 1.165) is 50.4 Å². The van der Waals surface area contributed by atoms with Gasteiger partial charge in [0.25, 0.3) is 0 Å². The summed E-state index contributed by atoms with van der Waals surface area (Å²) < 4.78 is 0. The molecule has 0 spiro atoms. The molecule has 32 heavy (non-hydrogen) atoms. The molecule has 0 radical (unpaired) electrons. The summed E-state index contributed by atoms with van der Waals surface area (Å²) in [6.07, 6.45) is 12.7. The fourth-order valence-corrected chi connectivity index (χ4v) is 3.77. The normalized spacial score (nSPS) is 20.5. The number of hydrogen-bond acceptors (Lipinski definition) is 9. The number of amides is 1. The monoisotopic (exact) mass is 437 g/mol. The lowest BCUT2D eigenvalue weighted by molar-refractivity contribution is -0.132. The lowest BCUT2D eigenvalue weighted by Gasteiger charge is -2.35. The maximum absolute atomic E-state index is 12.4. The molecule has 1 aliphatic carbocycles. The first-order chi connectivity index (χ1) is 15.7. The van der Waals surface area contributed by atoms with Gasteiger partial charge in [-0.25, -0.2) is 0 Å². The summed E-state index contributed by atoms with van der Waals surface area (Å²) in [4.78, 5) is 26.1. The van der Waals surface area contributed by atoms with Crippen LogP contribution in [-0.4, -0.2) is 97.9 Å². The SMILES string of the molecule is CN1ON=C2C=C(CCN3CCN(C(=O)Cc4cccnc4)CC3)C=CC21.c1nn[nH]n1. The Morgan fingerprint density at radius 1 is 1.28 bits per heavy atom. The second-order valence-corrected chi connectivity index (χ2v) is 7.74. The Morgan fingerprint density at radius 3 is 2.84 bits per heavy atom. The lowest BCUT2D eigenvalue weighted by Crippen LogP contribution is -2.49. The topological polar surface area (TPSA) is 116 Å². The summed E-state index contributed by atoms with van der Waals surface area (Å²) in [5.74, 6) is 0.190. The van der Waals surface area contributed by atoms with E-state index in [1.807, 2.05) is 24.1 Å². The van der Waals surface area contributed by atoms with E-state index in [1.54, 1.807) is 17.5 Å². The highest BCUT2D eigenvalue weighted by atomic mass is 16.8. The van der Waals surface area contributed by atoms with Crippen molar-refractivity contribution in [1.82, 2.24) is 40.5 Å². The number of nitrogens with one attached hydrogen (secondary N) is 1. The molecule has 11 nitrogen and oxygen atoms in total. The quantitative estimate of drug-likeness (QED) is 0.717. The summed E-state index contributed by atoms with van der Waals surface area (Å²) in [7, 11) is 1.89. The van der Waals surface area contributed by atoms with Crippen molar-refractivity contribution in [3.63, 3.8) is 0 Å². The van der Waals surface area contributed by atoms with Gasteiger partial charge in [0.2, 0.25) is 5.91 Å². The maximum atomic E-state index is 12.4. The molecule has 1 atom stereocenters. The molecule has 11 heteroatoms. The van der Waals surface area contributed by atoms with Crippen LogP contribution in [0, 0.1) is 0 Å². The molecule has 1 saturated heterocycles. The standard InChI is InChI=1S/C20H25N5O2.CH2N4/c1-23-19-5-4-16(13-18(19)22-27-23)6-8-24-9-11-25(12-10-24)20(26)14-17-3-2-7-21-15-17;1-2-4-5-3-1/h2-5,7,13,15,19H,6,8-12,14H2,1H3;1H,(H,2,3,4,5). The zero-order chi connectivity index (χ0) is 22.2. The number of pyridine rings is 1. The molecule has 2 aromatic heterocycles. The van der Waals surface area contributed by atoms with Gasteiger partial charge in [0, 0.05) is 52.2 Å². The van der Waals surface area contributed by atoms with Crippen molar-refractivity contribution in [3.05, 3.63) is 60.2 Å². The van der Waals surface area contributed by atoms with Crippen LogP contribution >= 0.6 is 0 Å². The molecule has 1 unspecified atom stereocenters. The van der Waals surface area contributed by atoms with Crippen LogP contribution in [0.15, 0.2) is 59.8 Å². The number of piperazine rings is 1. The number of allylic oxidation sites excluding steroid dienone is 1. The van der Waals surface area contributed by atoms with E-state index < -0.39 is 0 Å². The van der Waals surface area contributed by atoms with Gasteiger partial charge in [0.15, 0.2) is 6.33 Å². The first-order valence-electron chi connectivity index (χ1n) is 10.6. The van der Waals surface area contributed by atoms with Gasteiger partial charge < -0.3 is 4.90 Å². The molecule has 4 heterocycles. The smallest absolute Gasteiger partial charge is 0.227 e. The third kappa shape index (κ3) is 5.83. The lowest BCUT2D eigenvalue weighted by atomic mass is 9.99. The number of hydrogen-bond donors (Lipinski definition) is 1. The fourth-order valence-electron chi connectivity index (χ4n) is 3.77. The van der Waals surface area contributed by atoms with Crippen molar-refractivity contribution >= 4 is 11.6 Å². The van der Waals surface area contributed by atoms with Crippen LogP contribution in [0.5, 0.6) is 0 Å². The molecule has 0 saturated carbocycles. The van der Waals surface area contributed by atoms with E-state index in [2.05, 4.69) is 53.9 Å². The molecule has 3 aliphatic rings. The van der Waals surface area contributed by atoms with Crippen LogP contribution in [0.4, 0.5) is 0 Å². The molecule has 0 aromatic carbocycles. The first-order valence-corrected chi connectivity index (χ1v) is 10.6. The van der Waals surface area contributed by atoms with E-state index in [0.29, 0.717) is 6.42 Å². The van der Waals surface area contributed by atoms with Gasteiger partial charge in [-0.1, -0.05) is 28.6 Å². The number of oxime groups is 1. The Morgan fingerprint density at radius 2 is 2.16 bits per heavy atom. The predicted molar refractivity (Wildman–Crippen MR) is 117 cm³/mol. The number of hydroxylamine groups is 2. The predicted octanol–water partition coefficient (Wildman–Crippen LogP) is 0.456. The number of likely N-dealkylation sites (N-methyl/N-ethyl adjacent to an activating group) is 1. The molecule has 1 N–H and O–H groups in total. The minimum absolute atomic E-state index is 0.142. The van der Waals surface area contributed by atoms with Crippen LogP contribution in [-0.2, 0) is 16.2 Å². The van der Waals surface area contributed by atoms with E-state index in [4.69, 9.17) is 4.94 Å². The van der Waals surface area contributed by atoms with Crippen LogP contribution in [0.3, 0.4) is 0 Å². The third-order valence-corrected chi connectivity index (χ3v) is 5.59. The summed E-state index contributed by atoms with van der Waals surface area (Å²) in [6.45, 7) is 4.43. The largest absolute Gasteiger partial charge is 0.340 e. The van der Waals surface area contributed by atoms with Gasteiger partial charge in [-0.15, -0.1) is 15.3 Å². The Bertz CT molecular complexity index is 934. The number of tetrazole rings is 1. The number of carbonyl (C=O) groups excluding carboxylic acids is 1. The van der Waals surface area contributed by atoms with Gasteiger partial charge in [0.1, 0.15) is 11.8 Å². The number of aromatic nitrogens is 5. The Balaban J connectivity index is 0.000000433. The number of fused-ring (bicyclic) bond motifs is 1. The Hall–Kier alpha value is -3.44. The zero-order valence-electron chi connectivity index (χ0n) is 18.0. The van der Waals surface area contributed by atoms with Gasteiger partial charge in [0.05, 0.1) is 6.42 Å². The molecular weight excluding hydrogens is 410 g/mol. The maximum Gasteiger partial charge on any atom is 0.227 e. The molecule has 1 fully saturated rings. The summed E-state index contributed by atoms with van der Waals surface area (Å²) in [5, 5.41) is 18.0. The third-order valence-electron chi connectivity index (χ3n) is 5.59. The van der Waals surface area contributed by atoms with Crippen molar-refractivity contribution < 1.29 is 9.73 Å². The van der Waals surface area contributed by atoms with E-state index >= 15 is 0 Å². The van der Waals surface area contributed by atoms with Crippen molar-refractivity contribution in [3.8, 4) is 0 Å². The highest BCUT2D eigenvalue weighted by molar-refractivity contribution is 6.02. The number of carbonyl (C=O) groups is 1. The average Bonchev–Trinajstić information content (AvgIpc) is 3.53. The minimum Gasteiger partial charge on any atom is -0.340 e. The molecular formula is C21H27N9O2. The van der Waals surface area contributed by atoms with E-state index in [9.17, 15) is 4.79 Å². The average molecular weight is 438 g/mol. The second kappa shape index (κ2) is 10.7.